The van der Waals surface area contributed by atoms with Gasteiger partial charge in [0.2, 0.25) is 10.0 Å². The third-order valence-corrected chi connectivity index (χ3v) is 5.91. The number of halogens is 1. The van der Waals surface area contributed by atoms with Crippen molar-refractivity contribution in [1.82, 2.24) is 4.31 Å². The molecular weight excluding hydrogens is 242 g/mol. The van der Waals surface area contributed by atoms with Gasteiger partial charge in [-0.05, 0) is 6.42 Å². The summed E-state index contributed by atoms with van der Waals surface area (Å²) in [6.07, 6.45) is 1.03. The molecule has 0 spiro atoms. The zero-order chi connectivity index (χ0) is 10.6. The summed E-state index contributed by atoms with van der Waals surface area (Å²) in [6.45, 7) is 3.39. The van der Waals surface area contributed by atoms with Crippen LogP contribution in [0.4, 0.5) is 0 Å². The maximum atomic E-state index is 11.7. The molecule has 1 atom stereocenters. The monoisotopic (exact) mass is 257 g/mol. The number of hydrogen-bond donors (Lipinski definition) is 0. The Balaban J connectivity index is 2.59. The van der Waals surface area contributed by atoms with E-state index in [1.54, 1.807) is 4.31 Å². The molecule has 0 aliphatic carbocycles. The van der Waals surface area contributed by atoms with Gasteiger partial charge in [-0.3, -0.25) is 0 Å². The minimum Gasteiger partial charge on any atom is -0.212 e. The van der Waals surface area contributed by atoms with Crippen molar-refractivity contribution in [3.8, 4) is 0 Å². The van der Waals surface area contributed by atoms with Gasteiger partial charge in [0, 0.05) is 30.0 Å². The first-order chi connectivity index (χ1) is 6.60. The van der Waals surface area contributed by atoms with Crippen LogP contribution in [-0.2, 0) is 10.0 Å². The molecule has 0 aromatic rings. The highest BCUT2D eigenvalue weighted by Gasteiger charge is 2.27. The Labute approximate surface area is 95.2 Å². The van der Waals surface area contributed by atoms with E-state index >= 15 is 0 Å². The molecule has 1 rings (SSSR count). The molecule has 0 aromatic carbocycles. The van der Waals surface area contributed by atoms with Crippen LogP contribution in [0.3, 0.4) is 0 Å². The lowest BCUT2D eigenvalue weighted by atomic mass is 10.3. The van der Waals surface area contributed by atoms with Gasteiger partial charge >= 0.3 is 0 Å². The van der Waals surface area contributed by atoms with Crippen LogP contribution in [0.2, 0.25) is 0 Å². The van der Waals surface area contributed by atoms with Crippen molar-refractivity contribution in [3.05, 3.63) is 0 Å². The van der Waals surface area contributed by atoms with E-state index in [2.05, 4.69) is 6.92 Å². The predicted octanol–water partition coefficient (Wildman–Crippen LogP) is 1.38. The minimum atomic E-state index is -3.09. The standard InChI is InChI=1S/C8H16ClNO2S2/c1-2-8-7-10(4-5-13-8)14(11,12)6-3-9/h8H,2-7H2,1H3. The summed E-state index contributed by atoms with van der Waals surface area (Å²) < 4.78 is 24.9. The fourth-order valence-corrected chi connectivity index (χ4v) is 4.62. The van der Waals surface area contributed by atoms with Crippen molar-refractivity contribution >= 4 is 33.4 Å². The molecule has 0 bridgehead atoms. The molecule has 1 aliphatic rings. The first-order valence-electron chi connectivity index (χ1n) is 4.75. The van der Waals surface area contributed by atoms with Gasteiger partial charge in [0.05, 0.1) is 5.75 Å². The highest BCUT2D eigenvalue weighted by atomic mass is 35.5. The van der Waals surface area contributed by atoms with Gasteiger partial charge in [0.15, 0.2) is 0 Å². The molecule has 6 heteroatoms. The molecule has 0 saturated carbocycles. The normalized spacial score (nSPS) is 25.1. The molecule has 0 aromatic heterocycles. The molecule has 3 nitrogen and oxygen atoms in total. The van der Waals surface area contributed by atoms with E-state index in [0.717, 1.165) is 12.2 Å². The summed E-state index contributed by atoms with van der Waals surface area (Å²) in [5.74, 6) is 1.15. The van der Waals surface area contributed by atoms with Crippen LogP contribution in [0.25, 0.3) is 0 Å². The second kappa shape index (κ2) is 5.58. The summed E-state index contributed by atoms with van der Waals surface area (Å²) in [5, 5.41) is 0.453. The van der Waals surface area contributed by atoms with Crippen LogP contribution in [0.5, 0.6) is 0 Å². The molecule has 1 unspecified atom stereocenters. The first kappa shape index (κ1) is 12.6. The number of rotatable bonds is 4. The fourth-order valence-electron chi connectivity index (χ4n) is 1.42. The van der Waals surface area contributed by atoms with Gasteiger partial charge in [-0.2, -0.15) is 16.1 Å². The predicted molar refractivity (Wildman–Crippen MR) is 62.6 cm³/mol. The lowest BCUT2D eigenvalue weighted by molar-refractivity contribution is 0.417. The fraction of sp³-hybridized carbons (Fsp3) is 1.00. The number of thioether (sulfide) groups is 1. The maximum absolute atomic E-state index is 11.7. The smallest absolute Gasteiger partial charge is 0.212 e. The van der Waals surface area contributed by atoms with Gasteiger partial charge in [-0.1, -0.05) is 6.92 Å². The van der Waals surface area contributed by atoms with Crippen LogP contribution in [-0.4, -0.2) is 48.4 Å². The van der Waals surface area contributed by atoms with Crippen molar-refractivity contribution in [2.24, 2.45) is 0 Å². The summed E-state index contributed by atoms with van der Waals surface area (Å²) in [5.41, 5.74) is 0. The van der Waals surface area contributed by atoms with Gasteiger partial charge < -0.3 is 0 Å². The average Bonchev–Trinajstić information content (AvgIpc) is 2.18. The van der Waals surface area contributed by atoms with E-state index in [9.17, 15) is 8.42 Å². The number of sulfonamides is 1. The van der Waals surface area contributed by atoms with Gasteiger partial charge in [-0.25, -0.2) is 8.42 Å². The van der Waals surface area contributed by atoms with E-state index in [-0.39, 0.29) is 11.6 Å². The first-order valence-corrected chi connectivity index (χ1v) is 7.94. The van der Waals surface area contributed by atoms with E-state index in [1.807, 2.05) is 11.8 Å². The average molecular weight is 258 g/mol. The Morgan fingerprint density at radius 3 is 2.86 bits per heavy atom. The highest BCUT2D eigenvalue weighted by molar-refractivity contribution is 8.00. The Hall–Kier alpha value is 0.550. The van der Waals surface area contributed by atoms with Crippen LogP contribution in [0.15, 0.2) is 0 Å². The molecule has 1 aliphatic heterocycles. The largest absolute Gasteiger partial charge is 0.215 e. The zero-order valence-electron chi connectivity index (χ0n) is 8.28. The van der Waals surface area contributed by atoms with E-state index in [4.69, 9.17) is 11.6 Å². The molecule has 14 heavy (non-hydrogen) atoms. The number of nitrogens with zero attached hydrogens (tertiary/aromatic N) is 1. The minimum absolute atomic E-state index is 0.0651. The lowest BCUT2D eigenvalue weighted by Gasteiger charge is -2.30. The Bertz CT molecular complexity index is 269. The van der Waals surface area contributed by atoms with Crippen molar-refractivity contribution in [2.75, 3.05) is 30.5 Å². The quantitative estimate of drug-likeness (QED) is 0.715. The van der Waals surface area contributed by atoms with Gasteiger partial charge in [0.25, 0.3) is 0 Å². The third kappa shape index (κ3) is 3.29. The molecule has 1 saturated heterocycles. The van der Waals surface area contributed by atoms with E-state index in [1.165, 1.54) is 0 Å². The van der Waals surface area contributed by atoms with Crippen molar-refractivity contribution in [1.29, 1.82) is 0 Å². The summed E-state index contributed by atoms with van der Waals surface area (Å²) in [4.78, 5) is 0. The lowest BCUT2D eigenvalue weighted by Crippen LogP contribution is -2.43. The third-order valence-electron chi connectivity index (χ3n) is 2.29. The van der Waals surface area contributed by atoms with Crippen molar-refractivity contribution in [2.45, 2.75) is 18.6 Å². The van der Waals surface area contributed by atoms with Crippen molar-refractivity contribution in [3.63, 3.8) is 0 Å². The Kier molecular flexibility index (Phi) is 5.03. The molecule has 1 fully saturated rings. The molecular formula is C8H16ClNO2S2. The Morgan fingerprint density at radius 2 is 2.29 bits per heavy atom. The zero-order valence-corrected chi connectivity index (χ0v) is 10.7. The van der Waals surface area contributed by atoms with E-state index in [0.29, 0.717) is 18.3 Å². The van der Waals surface area contributed by atoms with Crippen LogP contribution < -0.4 is 0 Å². The Morgan fingerprint density at radius 1 is 1.57 bits per heavy atom. The number of hydrogen-bond acceptors (Lipinski definition) is 3. The molecule has 0 amide bonds. The van der Waals surface area contributed by atoms with Crippen LogP contribution >= 0.6 is 23.4 Å². The van der Waals surface area contributed by atoms with Gasteiger partial charge in [-0.15, -0.1) is 11.6 Å². The van der Waals surface area contributed by atoms with Crippen LogP contribution in [0, 0.1) is 0 Å². The second-order valence-corrected chi connectivity index (χ2v) is 7.14. The topological polar surface area (TPSA) is 37.4 Å². The van der Waals surface area contributed by atoms with Crippen LogP contribution in [0.1, 0.15) is 13.3 Å². The molecule has 0 radical (unpaired) electrons. The highest BCUT2D eigenvalue weighted by Crippen LogP contribution is 2.23. The molecule has 84 valence electrons. The summed E-state index contributed by atoms with van der Waals surface area (Å²) >= 11 is 7.33. The van der Waals surface area contributed by atoms with Gasteiger partial charge in [0.1, 0.15) is 0 Å². The number of alkyl halides is 1. The summed E-state index contributed by atoms with van der Waals surface area (Å²) in [6, 6.07) is 0. The summed E-state index contributed by atoms with van der Waals surface area (Å²) in [7, 11) is -3.09. The molecule has 1 heterocycles. The SMILES string of the molecule is CCC1CN(S(=O)(=O)CCCl)CCS1. The maximum Gasteiger partial charge on any atom is 0.215 e. The van der Waals surface area contributed by atoms with E-state index < -0.39 is 10.0 Å². The second-order valence-electron chi connectivity index (χ2n) is 3.26. The van der Waals surface area contributed by atoms with Crippen molar-refractivity contribution < 1.29 is 8.42 Å². The molecule has 0 N–H and O–H groups in total.